The highest BCUT2D eigenvalue weighted by molar-refractivity contribution is 5.73. The standard InChI is InChI=1S/C13H26O2/c1-7-8-9-11(10(2)3)12(14)15-13(4,5)6/h10-11H,7-9H2,1-6H3/t11-/m1/s1. The first-order valence-electron chi connectivity index (χ1n) is 6.00. The third-order valence-corrected chi connectivity index (χ3v) is 2.38. The van der Waals surface area contributed by atoms with Gasteiger partial charge >= 0.3 is 5.97 Å². The fourth-order valence-corrected chi connectivity index (χ4v) is 1.52. The summed E-state index contributed by atoms with van der Waals surface area (Å²) in [7, 11) is 0. The van der Waals surface area contributed by atoms with Crippen LogP contribution < -0.4 is 0 Å². The number of hydrogen-bond acceptors (Lipinski definition) is 2. The minimum absolute atomic E-state index is 0.0362. The lowest BCUT2D eigenvalue weighted by atomic mass is 9.90. The van der Waals surface area contributed by atoms with Crippen LogP contribution in [0.2, 0.25) is 0 Å². The number of carbonyl (C=O) groups excluding carboxylic acids is 1. The number of carbonyl (C=O) groups is 1. The first-order valence-corrected chi connectivity index (χ1v) is 6.00. The van der Waals surface area contributed by atoms with Crippen LogP contribution >= 0.6 is 0 Å². The van der Waals surface area contributed by atoms with Crippen LogP contribution in [0.5, 0.6) is 0 Å². The van der Waals surface area contributed by atoms with Gasteiger partial charge in [-0.3, -0.25) is 4.79 Å². The minimum Gasteiger partial charge on any atom is -0.460 e. The van der Waals surface area contributed by atoms with E-state index in [1.807, 2.05) is 20.8 Å². The Hall–Kier alpha value is -0.530. The Bertz CT molecular complexity index is 189. The molecule has 0 spiro atoms. The monoisotopic (exact) mass is 214 g/mol. The Labute approximate surface area is 94.4 Å². The lowest BCUT2D eigenvalue weighted by molar-refractivity contribution is -0.161. The first-order chi connectivity index (χ1) is 6.78. The van der Waals surface area contributed by atoms with E-state index >= 15 is 0 Å². The molecule has 0 radical (unpaired) electrons. The van der Waals surface area contributed by atoms with Gasteiger partial charge in [-0.1, -0.05) is 33.6 Å². The Morgan fingerprint density at radius 1 is 1.27 bits per heavy atom. The zero-order chi connectivity index (χ0) is 12.1. The third-order valence-electron chi connectivity index (χ3n) is 2.38. The first kappa shape index (κ1) is 14.5. The predicted molar refractivity (Wildman–Crippen MR) is 63.7 cm³/mol. The maximum atomic E-state index is 11.9. The summed E-state index contributed by atoms with van der Waals surface area (Å²) < 4.78 is 5.42. The van der Waals surface area contributed by atoms with E-state index in [1.54, 1.807) is 0 Å². The van der Waals surface area contributed by atoms with Gasteiger partial charge in [0.2, 0.25) is 0 Å². The molecular formula is C13H26O2. The van der Waals surface area contributed by atoms with Crippen LogP contribution in [0.3, 0.4) is 0 Å². The van der Waals surface area contributed by atoms with Crippen molar-refractivity contribution >= 4 is 5.97 Å². The number of unbranched alkanes of at least 4 members (excludes halogenated alkanes) is 1. The molecule has 0 heterocycles. The summed E-state index contributed by atoms with van der Waals surface area (Å²) in [5.41, 5.74) is -0.365. The maximum Gasteiger partial charge on any atom is 0.309 e. The molecule has 0 aromatic heterocycles. The van der Waals surface area contributed by atoms with Crippen LogP contribution in [-0.2, 0) is 9.53 Å². The van der Waals surface area contributed by atoms with Crippen molar-refractivity contribution in [3.05, 3.63) is 0 Å². The summed E-state index contributed by atoms with van der Waals surface area (Å²) in [5.74, 6) is 0.390. The van der Waals surface area contributed by atoms with Gasteiger partial charge in [0.1, 0.15) is 5.60 Å². The highest BCUT2D eigenvalue weighted by Crippen LogP contribution is 2.22. The van der Waals surface area contributed by atoms with Crippen molar-refractivity contribution in [2.45, 2.75) is 66.4 Å². The second kappa shape index (κ2) is 6.14. The second-order valence-electron chi connectivity index (χ2n) is 5.53. The average Bonchev–Trinajstić information content (AvgIpc) is 2.00. The number of hydrogen-bond donors (Lipinski definition) is 0. The lowest BCUT2D eigenvalue weighted by Crippen LogP contribution is -2.31. The van der Waals surface area contributed by atoms with Gasteiger partial charge in [-0.25, -0.2) is 0 Å². The largest absolute Gasteiger partial charge is 0.460 e. The van der Waals surface area contributed by atoms with Gasteiger partial charge < -0.3 is 4.74 Å². The predicted octanol–water partition coefficient (Wildman–Crippen LogP) is 3.79. The fraction of sp³-hybridized carbons (Fsp3) is 0.923. The molecule has 90 valence electrons. The van der Waals surface area contributed by atoms with E-state index < -0.39 is 0 Å². The van der Waals surface area contributed by atoms with Crippen LogP contribution in [0.4, 0.5) is 0 Å². The van der Waals surface area contributed by atoms with Crippen LogP contribution in [0.25, 0.3) is 0 Å². The molecule has 0 fully saturated rings. The Morgan fingerprint density at radius 3 is 2.13 bits per heavy atom. The van der Waals surface area contributed by atoms with Crippen molar-refractivity contribution in [2.24, 2.45) is 11.8 Å². The topological polar surface area (TPSA) is 26.3 Å². The van der Waals surface area contributed by atoms with Gasteiger partial charge in [0.15, 0.2) is 0 Å². The normalized spacial score (nSPS) is 14.1. The summed E-state index contributed by atoms with van der Waals surface area (Å²) in [4.78, 5) is 11.9. The Balaban J connectivity index is 4.29. The van der Waals surface area contributed by atoms with Crippen LogP contribution in [0, 0.1) is 11.8 Å². The molecule has 0 bridgehead atoms. The molecule has 0 aliphatic rings. The van der Waals surface area contributed by atoms with Gasteiger partial charge in [0.05, 0.1) is 5.92 Å². The van der Waals surface area contributed by atoms with E-state index in [4.69, 9.17) is 4.74 Å². The van der Waals surface area contributed by atoms with Crippen molar-refractivity contribution in [3.63, 3.8) is 0 Å². The molecule has 2 nitrogen and oxygen atoms in total. The summed E-state index contributed by atoms with van der Waals surface area (Å²) in [6.45, 7) is 12.1. The molecule has 0 aliphatic heterocycles. The van der Waals surface area contributed by atoms with E-state index in [1.165, 1.54) is 0 Å². The summed E-state index contributed by atoms with van der Waals surface area (Å²) in [6.07, 6.45) is 3.18. The number of esters is 1. The lowest BCUT2D eigenvalue weighted by Gasteiger charge is -2.25. The van der Waals surface area contributed by atoms with E-state index in [0.29, 0.717) is 5.92 Å². The molecule has 15 heavy (non-hydrogen) atoms. The molecule has 0 unspecified atom stereocenters. The maximum absolute atomic E-state index is 11.9. The summed E-state index contributed by atoms with van der Waals surface area (Å²) in [5, 5.41) is 0. The van der Waals surface area contributed by atoms with Crippen LogP contribution in [-0.4, -0.2) is 11.6 Å². The van der Waals surface area contributed by atoms with Crippen molar-refractivity contribution < 1.29 is 9.53 Å². The average molecular weight is 214 g/mol. The highest BCUT2D eigenvalue weighted by atomic mass is 16.6. The molecule has 0 aromatic carbocycles. The van der Waals surface area contributed by atoms with E-state index in [2.05, 4.69) is 20.8 Å². The zero-order valence-corrected chi connectivity index (χ0v) is 11.1. The second-order valence-corrected chi connectivity index (χ2v) is 5.53. The SMILES string of the molecule is CCCC[C@@H](C(=O)OC(C)(C)C)C(C)C. The quantitative estimate of drug-likeness (QED) is 0.651. The zero-order valence-electron chi connectivity index (χ0n) is 11.1. The van der Waals surface area contributed by atoms with Gasteiger partial charge in [-0.05, 0) is 33.1 Å². The third kappa shape index (κ3) is 6.53. The van der Waals surface area contributed by atoms with Gasteiger partial charge in [-0.2, -0.15) is 0 Å². The van der Waals surface area contributed by atoms with Crippen molar-refractivity contribution in [2.75, 3.05) is 0 Å². The number of rotatable bonds is 5. The van der Waals surface area contributed by atoms with Crippen LogP contribution in [0.1, 0.15) is 60.8 Å². The Kier molecular flexibility index (Phi) is 5.92. The van der Waals surface area contributed by atoms with E-state index in [9.17, 15) is 4.79 Å². The summed E-state index contributed by atoms with van der Waals surface area (Å²) in [6, 6.07) is 0. The minimum atomic E-state index is -0.365. The molecule has 0 amide bonds. The smallest absolute Gasteiger partial charge is 0.309 e. The molecule has 0 saturated carbocycles. The van der Waals surface area contributed by atoms with E-state index in [0.717, 1.165) is 19.3 Å². The molecule has 0 aromatic rings. The fourth-order valence-electron chi connectivity index (χ4n) is 1.52. The van der Waals surface area contributed by atoms with E-state index in [-0.39, 0.29) is 17.5 Å². The van der Waals surface area contributed by atoms with Crippen LogP contribution in [0.15, 0.2) is 0 Å². The molecule has 0 aliphatic carbocycles. The van der Waals surface area contributed by atoms with Crippen molar-refractivity contribution in [3.8, 4) is 0 Å². The van der Waals surface area contributed by atoms with Gasteiger partial charge in [0, 0.05) is 0 Å². The molecule has 2 heteroatoms. The number of ether oxygens (including phenoxy) is 1. The van der Waals surface area contributed by atoms with Gasteiger partial charge in [-0.15, -0.1) is 0 Å². The highest BCUT2D eigenvalue weighted by Gasteiger charge is 2.26. The molecule has 0 saturated heterocycles. The Morgan fingerprint density at radius 2 is 1.80 bits per heavy atom. The molecule has 0 rings (SSSR count). The molecule has 1 atom stereocenters. The summed E-state index contributed by atoms with van der Waals surface area (Å²) >= 11 is 0. The van der Waals surface area contributed by atoms with Gasteiger partial charge in [0.25, 0.3) is 0 Å². The van der Waals surface area contributed by atoms with Crippen molar-refractivity contribution in [1.82, 2.24) is 0 Å². The molecule has 0 N–H and O–H groups in total. The van der Waals surface area contributed by atoms with Crippen molar-refractivity contribution in [1.29, 1.82) is 0 Å². The molecular weight excluding hydrogens is 188 g/mol.